The maximum Gasteiger partial charge on any atom is 0.223 e. The van der Waals surface area contributed by atoms with Crippen molar-refractivity contribution in [3.8, 4) is 0 Å². The molecule has 0 aromatic carbocycles. The minimum Gasteiger partial charge on any atom is -0.355 e. The molecule has 6 nitrogen and oxygen atoms in total. The van der Waals surface area contributed by atoms with Gasteiger partial charge >= 0.3 is 0 Å². The van der Waals surface area contributed by atoms with Crippen molar-refractivity contribution in [2.24, 2.45) is 30.5 Å². The van der Waals surface area contributed by atoms with Crippen molar-refractivity contribution in [3.05, 3.63) is 12.2 Å². The van der Waals surface area contributed by atoms with Crippen LogP contribution in [-0.4, -0.2) is 33.3 Å². The maximum absolute atomic E-state index is 12.4. The number of nitrogens with two attached hydrogens (primary N) is 1. The second kappa shape index (κ2) is 6.13. The fourth-order valence-corrected chi connectivity index (χ4v) is 3.98. The van der Waals surface area contributed by atoms with Crippen molar-refractivity contribution in [3.63, 3.8) is 0 Å². The predicted octanol–water partition coefficient (Wildman–Crippen LogP) is 0.627. The Bertz CT molecular complexity index is 486. The second-order valence-corrected chi connectivity index (χ2v) is 6.60. The molecule has 0 aliphatic heterocycles. The van der Waals surface area contributed by atoms with Gasteiger partial charge in [0.15, 0.2) is 0 Å². The Labute approximate surface area is 125 Å². The van der Waals surface area contributed by atoms with Crippen LogP contribution >= 0.6 is 0 Å². The van der Waals surface area contributed by atoms with Crippen LogP contribution in [0.15, 0.2) is 6.33 Å². The molecule has 1 heterocycles. The summed E-state index contributed by atoms with van der Waals surface area (Å²) in [5.74, 6) is 2.34. The summed E-state index contributed by atoms with van der Waals surface area (Å²) in [5.41, 5.74) is 6.28. The van der Waals surface area contributed by atoms with Gasteiger partial charge in [-0.15, -0.1) is 10.2 Å². The average Bonchev–Trinajstić information content (AvgIpc) is 2.84. The quantitative estimate of drug-likeness (QED) is 0.852. The van der Waals surface area contributed by atoms with Crippen molar-refractivity contribution >= 4 is 5.91 Å². The molecule has 2 saturated carbocycles. The molecule has 2 aliphatic carbocycles. The fraction of sp³-hybridized carbons (Fsp3) is 0.800. The summed E-state index contributed by atoms with van der Waals surface area (Å²) in [7, 11) is 1.92. The lowest BCUT2D eigenvalue weighted by Gasteiger charge is -2.43. The second-order valence-electron chi connectivity index (χ2n) is 6.60. The Balaban J connectivity index is 1.48. The lowest BCUT2D eigenvalue weighted by molar-refractivity contribution is -0.127. The molecule has 0 spiro atoms. The zero-order valence-corrected chi connectivity index (χ0v) is 12.7. The molecule has 1 aromatic heterocycles. The highest BCUT2D eigenvalue weighted by Crippen LogP contribution is 2.41. The topological polar surface area (TPSA) is 85.8 Å². The largest absolute Gasteiger partial charge is 0.355 e. The van der Waals surface area contributed by atoms with Gasteiger partial charge in [-0.1, -0.05) is 6.42 Å². The molecule has 6 heteroatoms. The van der Waals surface area contributed by atoms with Crippen molar-refractivity contribution in [1.82, 2.24) is 20.1 Å². The van der Waals surface area contributed by atoms with Crippen LogP contribution < -0.4 is 11.1 Å². The van der Waals surface area contributed by atoms with Gasteiger partial charge in [-0.2, -0.15) is 0 Å². The van der Waals surface area contributed by atoms with Gasteiger partial charge in [0.2, 0.25) is 5.91 Å². The van der Waals surface area contributed by atoms with E-state index < -0.39 is 0 Å². The van der Waals surface area contributed by atoms with E-state index in [0.29, 0.717) is 24.4 Å². The zero-order valence-electron chi connectivity index (χ0n) is 12.7. The lowest BCUT2D eigenvalue weighted by Crippen LogP contribution is -2.49. The third-order valence-electron chi connectivity index (χ3n) is 5.24. The molecule has 0 saturated heterocycles. The van der Waals surface area contributed by atoms with Gasteiger partial charge < -0.3 is 15.6 Å². The summed E-state index contributed by atoms with van der Waals surface area (Å²) in [6, 6.07) is 0.321. The zero-order chi connectivity index (χ0) is 14.8. The number of rotatable bonds is 4. The van der Waals surface area contributed by atoms with E-state index >= 15 is 0 Å². The molecule has 2 fully saturated rings. The number of carbonyl (C=O) groups excluding carboxylic acids is 1. The highest BCUT2D eigenvalue weighted by molar-refractivity contribution is 5.78. The van der Waals surface area contributed by atoms with Gasteiger partial charge in [0, 0.05) is 32.0 Å². The third-order valence-corrected chi connectivity index (χ3v) is 5.24. The van der Waals surface area contributed by atoms with Crippen LogP contribution in [0.25, 0.3) is 0 Å². The average molecular weight is 291 g/mol. The molecule has 3 rings (SSSR count). The molecule has 0 radical (unpaired) electrons. The smallest absolute Gasteiger partial charge is 0.223 e. The molecule has 1 amide bonds. The van der Waals surface area contributed by atoms with Gasteiger partial charge in [0.25, 0.3) is 0 Å². The number of amides is 1. The number of fused-ring (bicyclic) bond motifs is 2. The minimum absolute atomic E-state index is 0.152. The summed E-state index contributed by atoms with van der Waals surface area (Å²) < 4.78 is 1.89. The van der Waals surface area contributed by atoms with E-state index in [4.69, 9.17) is 5.73 Å². The molecule has 2 bridgehead atoms. The Morgan fingerprint density at radius 1 is 1.43 bits per heavy atom. The number of carbonyl (C=O) groups is 1. The Kier molecular flexibility index (Phi) is 4.24. The van der Waals surface area contributed by atoms with Crippen LogP contribution in [0, 0.1) is 17.8 Å². The predicted molar refractivity (Wildman–Crippen MR) is 79.2 cm³/mol. The molecule has 116 valence electrons. The number of nitrogens with one attached hydrogen (secondary N) is 1. The molecule has 3 N–H and O–H groups in total. The van der Waals surface area contributed by atoms with Crippen LogP contribution in [-0.2, 0) is 18.3 Å². The van der Waals surface area contributed by atoms with Gasteiger partial charge in [-0.05, 0) is 37.5 Å². The van der Waals surface area contributed by atoms with Crippen LogP contribution in [0.2, 0.25) is 0 Å². The first-order valence-corrected chi connectivity index (χ1v) is 8.01. The first-order valence-electron chi connectivity index (χ1n) is 8.01. The SMILES string of the molecule is Cn1cnnc1CCNC(=O)C1CC2CCCC(C1)C2N. The van der Waals surface area contributed by atoms with E-state index in [0.717, 1.165) is 25.1 Å². The van der Waals surface area contributed by atoms with Crippen LogP contribution in [0.1, 0.15) is 37.9 Å². The standard InChI is InChI=1S/C15H25N5O/c1-20-9-18-19-13(20)5-6-17-15(21)12-7-10-3-2-4-11(8-12)14(10)16/h9-12,14H,2-8,16H2,1H3,(H,17,21). The Morgan fingerprint density at radius 3 is 2.76 bits per heavy atom. The first-order chi connectivity index (χ1) is 10.1. The molecule has 1 aromatic rings. The number of aromatic nitrogens is 3. The van der Waals surface area contributed by atoms with E-state index in [-0.39, 0.29) is 11.8 Å². The number of nitrogens with zero attached hydrogens (tertiary/aromatic N) is 3. The van der Waals surface area contributed by atoms with Crippen molar-refractivity contribution in [1.29, 1.82) is 0 Å². The monoisotopic (exact) mass is 291 g/mol. The Hall–Kier alpha value is -1.43. The highest BCUT2D eigenvalue weighted by atomic mass is 16.1. The van der Waals surface area contributed by atoms with Gasteiger partial charge in [-0.3, -0.25) is 4.79 Å². The summed E-state index contributed by atoms with van der Waals surface area (Å²) in [5, 5.41) is 10.9. The molecule has 21 heavy (non-hydrogen) atoms. The minimum atomic E-state index is 0.152. The van der Waals surface area contributed by atoms with Crippen LogP contribution in [0.5, 0.6) is 0 Å². The summed E-state index contributed by atoms with van der Waals surface area (Å²) in [6.45, 7) is 0.628. The number of hydrogen-bond acceptors (Lipinski definition) is 4. The molecule has 2 atom stereocenters. The highest BCUT2D eigenvalue weighted by Gasteiger charge is 2.40. The van der Waals surface area contributed by atoms with Gasteiger partial charge in [-0.25, -0.2) is 0 Å². The number of hydrogen-bond donors (Lipinski definition) is 2. The van der Waals surface area contributed by atoms with Gasteiger partial charge in [0.1, 0.15) is 12.2 Å². The van der Waals surface area contributed by atoms with Crippen LogP contribution in [0.3, 0.4) is 0 Å². The summed E-state index contributed by atoms with van der Waals surface area (Å²) in [6.07, 6.45) is 8.01. The van der Waals surface area contributed by atoms with Gasteiger partial charge in [0.05, 0.1) is 0 Å². The first kappa shape index (κ1) is 14.5. The lowest BCUT2D eigenvalue weighted by atomic mass is 9.65. The van der Waals surface area contributed by atoms with E-state index in [1.165, 1.54) is 19.3 Å². The van der Waals surface area contributed by atoms with Crippen molar-refractivity contribution in [2.75, 3.05) is 6.54 Å². The molecular weight excluding hydrogens is 266 g/mol. The van der Waals surface area contributed by atoms with Crippen molar-refractivity contribution < 1.29 is 4.79 Å². The van der Waals surface area contributed by atoms with Crippen molar-refractivity contribution in [2.45, 2.75) is 44.6 Å². The normalized spacial score (nSPS) is 31.9. The van der Waals surface area contributed by atoms with E-state index in [2.05, 4.69) is 15.5 Å². The third kappa shape index (κ3) is 3.10. The van der Waals surface area contributed by atoms with E-state index in [9.17, 15) is 4.79 Å². The summed E-state index contributed by atoms with van der Waals surface area (Å²) in [4.78, 5) is 12.4. The molecular formula is C15H25N5O. The maximum atomic E-state index is 12.4. The summed E-state index contributed by atoms with van der Waals surface area (Å²) >= 11 is 0. The van der Waals surface area contributed by atoms with E-state index in [1.807, 2.05) is 11.6 Å². The molecule has 2 unspecified atom stereocenters. The Morgan fingerprint density at radius 2 is 2.14 bits per heavy atom. The number of aryl methyl sites for hydroxylation is 1. The fourth-order valence-electron chi connectivity index (χ4n) is 3.98. The van der Waals surface area contributed by atoms with E-state index in [1.54, 1.807) is 6.33 Å². The van der Waals surface area contributed by atoms with Crippen LogP contribution in [0.4, 0.5) is 0 Å². The molecule has 2 aliphatic rings.